The summed E-state index contributed by atoms with van der Waals surface area (Å²) in [5.74, 6) is 0.0341. The molecule has 3 heterocycles. The van der Waals surface area contributed by atoms with E-state index in [-0.39, 0.29) is 39.7 Å². The third-order valence-corrected chi connectivity index (χ3v) is 18.4. The summed E-state index contributed by atoms with van der Waals surface area (Å²) in [6.45, 7) is 29.1. The molecule has 0 N–H and O–H groups in total. The van der Waals surface area contributed by atoms with Crippen LogP contribution in [-0.2, 0) is 27.1 Å². The Kier molecular flexibility index (Phi) is 10.2. The van der Waals surface area contributed by atoms with Gasteiger partial charge < -0.3 is 14.2 Å². The van der Waals surface area contributed by atoms with Crippen molar-refractivity contribution in [1.29, 1.82) is 0 Å². The molecule has 0 unspecified atom stereocenters. The SMILES string of the molecule is Cc1cc2c3c(c1)N(c1ccc4c(c1)C(C)(C)CCC4(C)C)c1cc4c(cc1B3c1ccc(C(c3ccccc3)c3ccccc3)cc1N2c1cc(C(C)(C)C)c2oc3ccccc3c2c1)C(C)(C)CCC4(C)C. The predicted molar refractivity (Wildman–Crippen MR) is 316 cm³/mol. The minimum absolute atomic E-state index is 0.0150. The highest BCUT2D eigenvalue weighted by Crippen LogP contribution is 2.54. The minimum Gasteiger partial charge on any atom is -0.456 e. The highest BCUT2D eigenvalue weighted by molar-refractivity contribution is 7.00. The fourth-order valence-electron chi connectivity index (χ4n) is 14.0. The van der Waals surface area contributed by atoms with Gasteiger partial charge >= 0.3 is 0 Å². The molecule has 2 aliphatic carbocycles. The molecule has 4 heteroatoms. The van der Waals surface area contributed by atoms with Gasteiger partial charge in [-0.05, 0) is 175 Å². The van der Waals surface area contributed by atoms with Gasteiger partial charge in [-0.1, -0.05) is 179 Å². The van der Waals surface area contributed by atoms with Crippen LogP contribution >= 0.6 is 0 Å². The summed E-state index contributed by atoms with van der Waals surface area (Å²) in [5, 5.41) is 2.30. The smallest absolute Gasteiger partial charge is 0.252 e. The monoisotopic (exact) mass is 967 g/mol. The summed E-state index contributed by atoms with van der Waals surface area (Å²) in [4.78, 5) is 5.34. The average molecular weight is 967 g/mol. The predicted octanol–water partition coefficient (Wildman–Crippen LogP) is 17.2. The van der Waals surface area contributed by atoms with Crippen molar-refractivity contribution in [2.24, 2.45) is 0 Å². The van der Waals surface area contributed by atoms with Crippen LogP contribution in [0.1, 0.15) is 158 Å². The third kappa shape index (κ3) is 7.13. The Labute approximate surface area is 440 Å². The van der Waals surface area contributed by atoms with Crippen molar-refractivity contribution in [3.05, 3.63) is 208 Å². The maximum absolute atomic E-state index is 6.84. The maximum Gasteiger partial charge on any atom is 0.252 e. The fraction of sp³-hybridized carbons (Fsp3) is 0.314. The van der Waals surface area contributed by atoms with Gasteiger partial charge in [0.1, 0.15) is 11.2 Å². The minimum atomic E-state index is -0.201. The van der Waals surface area contributed by atoms with Crippen molar-refractivity contribution in [3.8, 4) is 0 Å². The van der Waals surface area contributed by atoms with Crippen molar-refractivity contribution in [2.75, 3.05) is 9.80 Å². The molecule has 0 atom stereocenters. The van der Waals surface area contributed by atoms with Crippen LogP contribution in [0.15, 0.2) is 162 Å². The van der Waals surface area contributed by atoms with Gasteiger partial charge in [0, 0.05) is 56.4 Å². The molecule has 0 fully saturated rings. The molecule has 4 aliphatic rings. The number of aryl methyl sites for hydroxylation is 1. The summed E-state index contributed by atoms with van der Waals surface area (Å²) in [7, 11) is 0. The van der Waals surface area contributed by atoms with Gasteiger partial charge in [0.25, 0.3) is 6.71 Å². The molecule has 2 aliphatic heterocycles. The van der Waals surface area contributed by atoms with Crippen molar-refractivity contribution in [2.45, 2.75) is 142 Å². The molecule has 0 saturated heterocycles. The first-order valence-corrected chi connectivity index (χ1v) is 27.5. The standard InChI is InChI=1S/C70H71BN2O/c1-43-35-60-64-61(36-43)73(48-38-50-49-25-19-20-26-62(49)74-65(50)55(40-48)66(2,3)4)58-37-46(63(44-21-15-13-16-22-44)45-23-17-14-18-24-45)27-30-56(58)71(64)57-41-53-54(70(11,12)34-33-69(53,9)10)42-59(57)72(60)47-28-29-51-52(39-47)68(7,8)32-31-67(51,5)6/h13-30,35-42,63H,31-34H2,1-12H3. The molecular weight excluding hydrogens is 896 g/mol. The highest BCUT2D eigenvalue weighted by atomic mass is 16.3. The molecule has 3 nitrogen and oxygen atoms in total. The second kappa shape index (κ2) is 16.1. The number of hydrogen-bond acceptors (Lipinski definition) is 3. The van der Waals surface area contributed by atoms with E-state index in [9.17, 15) is 0 Å². The maximum atomic E-state index is 6.84. The van der Waals surface area contributed by atoms with Crippen molar-refractivity contribution in [3.63, 3.8) is 0 Å². The summed E-state index contributed by atoms with van der Waals surface area (Å²) >= 11 is 0. The number of para-hydroxylation sites is 1. The number of rotatable bonds is 5. The number of hydrogen-bond donors (Lipinski definition) is 0. The normalized spacial score (nSPS) is 17.7. The second-order valence-electron chi connectivity index (χ2n) is 26.3. The molecule has 13 rings (SSSR count). The van der Waals surface area contributed by atoms with Gasteiger partial charge in [-0.3, -0.25) is 0 Å². The quantitative estimate of drug-likeness (QED) is 0.127. The van der Waals surface area contributed by atoms with Crippen LogP contribution in [0.3, 0.4) is 0 Å². The number of furan rings is 1. The topological polar surface area (TPSA) is 19.6 Å². The van der Waals surface area contributed by atoms with E-state index < -0.39 is 0 Å². The van der Waals surface area contributed by atoms with Crippen LogP contribution in [0.2, 0.25) is 0 Å². The van der Waals surface area contributed by atoms with Crippen molar-refractivity contribution in [1.82, 2.24) is 0 Å². The first-order chi connectivity index (χ1) is 35.2. The largest absolute Gasteiger partial charge is 0.456 e. The molecular formula is C70H71BN2O. The Hall–Kier alpha value is -6.78. The first kappa shape index (κ1) is 47.0. The Morgan fingerprint density at radius 3 is 1.62 bits per heavy atom. The number of fused-ring (bicyclic) bond motifs is 9. The first-order valence-electron chi connectivity index (χ1n) is 27.5. The lowest BCUT2D eigenvalue weighted by atomic mass is 9.33. The van der Waals surface area contributed by atoms with Gasteiger partial charge in [-0.2, -0.15) is 0 Å². The zero-order chi connectivity index (χ0) is 51.4. The van der Waals surface area contributed by atoms with Crippen molar-refractivity contribution >= 4 is 79.2 Å². The lowest BCUT2D eigenvalue weighted by Crippen LogP contribution is -2.62. The van der Waals surface area contributed by atoms with E-state index in [1.165, 1.54) is 108 Å². The number of anilines is 6. The van der Waals surface area contributed by atoms with E-state index >= 15 is 0 Å². The molecule has 74 heavy (non-hydrogen) atoms. The molecule has 1 aromatic heterocycles. The molecule has 0 bridgehead atoms. The number of benzene rings is 8. The van der Waals surface area contributed by atoms with Crippen LogP contribution in [0.25, 0.3) is 21.9 Å². The van der Waals surface area contributed by atoms with Crippen LogP contribution in [0.4, 0.5) is 34.1 Å². The average Bonchev–Trinajstić information content (AvgIpc) is 3.78. The van der Waals surface area contributed by atoms with Crippen molar-refractivity contribution < 1.29 is 4.42 Å². The zero-order valence-corrected chi connectivity index (χ0v) is 45.8. The highest BCUT2D eigenvalue weighted by Gasteiger charge is 2.48. The third-order valence-electron chi connectivity index (χ3n) is 18.4. The van der Waals surface area contributed by atoms with E-state index in [4.69, 9.17) is 4.42 Å². The molecule has 0 amide bonds. The molecule has 8 aromatic carbocycles. The Morgan fingerprint density at radius 1 is 0.459 bits per heavy atom. The summed E-state index contributed by atoms with van der Waals surface area (Å²) in [5.41, 5.74) is 25.7. The molecule has 9 aromatic rings. The van der Waals surface area contributed by atoms with Gasteiger partial charge in [-0.25, -0.2) is 0 Å². The van der Waals surface area contributed by atoms with E-state index in [1.54, 1.807) is 0 Å². The van der Waals surface area contributed by atoms with Gasteiger partial charge in [0.15, 0.2) is 0 Å². The summed E-state index contributed by atoms with van der Waals surface area (Å²) in [6, 6.07) is 61.1. The van der Waals surface area contributed by atoms with E-state index in [0.717, 1.165) is 40.5 Å². The zero-order valence-electron chi connectivity index (χ0n) is 45.8. The van der Waals surface area contributed by atoms with Crippen LogP contribution in [-0.4, -0.2) is 6.71 Å². The van der Waals surface area contributed by atoms with Crippen LogP contribution in [0.5, 0.6) is 0 Å². The summed E-state index contributed by atoms with van der Waals surface area (Å²) in [6.07, 6.45) is 4.68. The van der Waals surface area contributed by atoms with E-state index in [0.29, 0.717) is 0 Å². The summed E-state index contributed by atoms with van der Waals surface area (Å²) < 4.78 is 6.84. The number of nitrogens with zero attached hydrogens (tertiary/aromatic N) is 2. The van der Waals surface area contributed by atoms with Crippen LogP contribution in [0, 0.1) is 6.92 Å². The van der Waals surface area contributed by atoms with E-state index in [1.807, 2.05) is 0 Å². The Bertz CT molecular complexity index is 3710. The lowest BCUT2D eigenvalue weighted by molar-refractivity contribution is 0.332. The molecule has 0 saturated carbocycles. The Balaban J connectivity index is 1.15. The lowest BCUT2D eigenvalue weighted by Gasteiger charge is -2.48. The second-order valence-corrected chi connectivity index (χ2v) is 26.3. The van der Waals surface area contributed by atoms with Crippen LogP contribution < -0.4 is 26.2 Å². The fourth-order valence-corrected chi connectivity index (χ4v) is 14.0. The Morgan fingerprint density at radius 2 is 1.00 bits per heavy atom. The molecule has 0 radical (unpaired) electrons. The van der Waals surface area contributed by atoms with E-state index in [2.05, 4.69) is 251 Å². The van der Waals surface area contributed by atoms with Gasteiger partial charge in [0.2, 0.25) is 0 Å². The molecule has 370 valence electrons. The van der Waals surface area contributed by atoms with Gasteiger partial charge in [0.05, 0.1) is 0 Å². The van der Waals surface area contributed by atoms with Gasteiger partial charge in [-0.15, -0.1) is 0 Å². The molecule has 0 spiro atoms.